The maximum Gasteiger partial charge on any atom is 0.227 e. The average Bonchev–Trinajstić information content (AvgIpc) is 3.33. The van der Waals surface area contributed by atoms with Crippen molar-refractivity contribution in [2.75, 3.05) is 59.7 Å². The lowest BCUT2D eigenvalue weighted by molar-refractivity contribution is -0.140. The molecule has 9 nitrogen and oxygen atoms in total. The summed E-state index contributed by atoms with van der Waals surface area (Å²) < 4.78 is 12.8. The second kappa shape index (κ2) is 14.2. The predicted octanol–water partition coefficient (Wildman–Crippen LogP) is 2.84. The summed E-state index contributed by atoms with van der Waals surface area (Å²) in [5.74, 6) is 0.763. The summed E-state index contributed by atoms with van der Waals surface area (Å²) in [6.07, 6.45) is 3.79. The Morgan fingerprint density at radius 2 is 2.05 bits per heavy atom. The molecule has 2 aromatic rings. The summed E-state index contributed by atoms with van der Waals surface area (Å²) in [7, 11) is 1.75. The standard InChI is InChI=1S/C29H46N6O3/c1-22(2)20-34(26-17-24(18-30-19-26)29(36)33-11-14-38-15-12-33)21-27-28(10-5-6-13-37-4)35(32-31-27)25-9-7-8-23(3)16-25/h7-9,16,22,24,26,30H,5-6,10-15,17-21H2,1-4H3/t24-,26+/m1/s1. The number of nitrogens with one attached hydrogen (secondary N) is 1. The number of methoxy groups -OCH3 is 1. The number of morpholine rings is 1. The maximum absolute atomic E-state index is 13.3. The molecule has 2 aliphatic heterocycles. The molecule has 9 heteroatoms. The summed E-state index contributed by atoms with van der Waals surface area (Å²) in [6, 6.07) is 8.71. The first-order valence-corrected chi connectivity index (χ1v) is 14.3. The maximum atomic E-state index is 13.3. The van der Waals surface area contributed by atoms with E-state index in [9.17, 15) is 4.79 Å². The number of benzene rings is 1. The van der Waals surface area contributed by atoms with Crippen LogP contribution in [0.15, 0.2) is 24.3 Å². The Kier molecular flexibility index (Phi) is 10.7. The number of hydrogen-bond donors (Lipinski definition) is 1. The highest BCUT2D eigenvalue weighted by molar-refractivity contribution is 5.79. The normalized spacial score (nSPS) is 20.4. The Labute approximate surface area is 227 Å². The highest BCUT2D eigenvalue weighted by Gasteiger charge is 2.34. The molecule has 210 valence electrons. The summed E-state index contributed by atoms with van der Waals surface area (Å²) in [5.41, 5.74) is 4.46. The average molecular weight is 527 g/mol. The van der Waals surface area contributed by atoms with E-state index < -0.39 is 0 Å². The van der Waals surface area contributed by atoms with Crippen LogP contribution in [-0.2, 0) is 27.2 Å². The number of amides is 1. The molecule has 1 N–H and O–H groups in total. The summed E-state index contributed by atoms with van der Waals surface area (Å²) in [4.78, 5) is 17.8. The van der Waals surface area contributed by atoms with Crippen molar-refractivity contribution in [3.8, 4) is 5.69 Å². The van der Waals surface area contributed by atoms with Crippen LogP contribution in [0.5, 0.6) is 0 Å². The fourth-order valence-electron chi connectivity index (χ4n) is 5.64. The zero-order valence-electron chi connectivity index (χ0n) is 23.7. The number of hydrogen-bond acceptors (Lipinski definition) is 7. The number of carbonyl (C=O) groups excluding carboxylic acids is 1. The fraction of sp³-hybridized carbons (Fsp3) is 0.690. The number of aryl methyl sites for hydroxylation is 1. The van der Waals surface area contributed by atoms with Gasteiger partial charge in [-0.05, 0) is 56.2 Å². The minimum atomic E-state index is -0.00185. The largest absolute Gasteiger partial charge is 0.385 e. The Bertz CT molecular complexity index is 1020. The molecule has 0 saturated carbocycles. The molecule has 0 bridgehead atoms. The molecule has 0 spiro atoms. The van der Waals surface area contributed by atoms with E-state index in [-0.39, 0.29) is 17.9 Å². The minimum Gasteiger partial charge on any atom is -0.385 e. The van der Waals surface area contributed by atoms with Crippen LogP contribution in [0, 0.1) is 18.8 Å². The van der Waals surface area contributed by atoms with Gasteiger partial charge >= 0.3 is 0 Å². The molecule has 38 heavy (non-hydrogen) atoms. The number of rotatable bonds is 12. The molecule has 1 aromatic heterocycles. The first kappa shape index (κ1) is 28.7. The number of piperidine rings is 1. The molecule has 0 radical (unpaired) electrons. The first-order chi connectivity index (χ1) is 18.5. The molecular weight excluding hydrogens is 480 g/mol. The van der Waals surface area contributed by atoms with Crippen molar-refractivity contribution in [1.29, 1.82) is 0 Å². The molecular formula is C29H46N6O3. The molecule has 4 rings (SSSR count). The van der Waals surface area contributed by atoms with Crippen LogP contribution in [0.2, 0.25) is 0 Å². The predicted molar refractivity (Wildman–Crippen MR) is 148 cm³/mol. The third kappa shape index (κ3) is 7.62. The van der Waals surface area contributed by atoms with Crippen molar-refractivity contribution in [2.45, 2.75) is 59.0 Å². The summed E-state index contributed by atoms with van der Waals surface area (Å²) in [6.45, 7) is 13.4. The van der Waals surface area contributed by atoms with E-state index in [1.165, 1.54) is 11.3 Å². The Morgan fingerprint density at radius 3 is 2.79 bits per heavy atom. The number of ether oxygens (including phenoxy) is 2. The first-order valence-electron chi connectivity index (χ1n) is 14.3. The highest BCUT2D eigenvalue weighted by Crippen LogP contribution is 2.24. The van der Waals surface area contributed by atoms with E-state index in [4.69, 9.17) is 14.6 Å². The Balaban J connectivity index is 1.54. The smallest absolute Gasteiger partial charge is 0.227 e. The number of nitrogens with zero attached hydrogens (tertiary/aromatic N) is 5. The topological polar surface area (TPSA) is 84.8 Å². The molecule has 2 atom stereocenters. The number of unbranched alkanes of at least 4 members (excludes halogenated alkanes) is 1. The molecule has 0 aliphatic carbocycles. The van der Waals surface area contributed by atoms with Crippen molar-refractivity contribution in [3.05, 3.63) is 41.2 Å². The van der Waals surface area contributed by atoms with Gasteiger partial charge in [0.25, 0.3) is 0 Å². The van der Waals surface area contributed by atoms with Gasteiger partial charge in [-0.1, -0.05) is 31.2 Å². The van der Waals surface area contributed by atoms with Crippen molar-refractivity contribution in [3.63, 3.8) is 0 Å². The third-order valence-electron chi connectivity index (χ3n) is 7.57. The van der Waals surface area contributed by atoms with E-state index >= 15 is 0 Å². The Morgan fingerprint density at radius 1 is 1.24 bits per heavy atom. The van der Waals surface area contributed by atoms with Gasteiger partial charge in [0.05, 0.1) is 30.5 Å². The van der Waals surface area contributed by atoms with Crippen LogP contribution in [0.1, 0.15) is 50.1 Å². The fourth-order valence-corrected chi connectivity index (χ4v) is 5.64. The van der Waals surface area contributed by atoms with Crippen molar-refractivity contribution < 1.29 is 14.3 Å². The molecule has 1 amide bonds. The van der Waals surface area contributed by atoms with Gasteiger partial charge in [0.15, 0.2) is 0 Å². The quantitative estimate of drug-likeness (QED) is 0.426. The zero-order chi connectivity index (χ0) is 26.9. The lowest BCUT2D eigenvalue weighted by atomic mass is 9.92. The monoisotopic (exact) mass is 526 g/mol. The number of aromatic nitrogens is 3. The second-order valence-corrected chi connectivity index (χ2v) is 11.2. The molecule has 0 unspecified atom stereocenters. The van der Waals surface area contributed by atoms with Crippen LogP contribution in [-0.4, -0.2) is 96.4 Å². The summed E-state index contributed by atoms with van der Waals surface area (Å²) in [5, 5.41) is 12.9. The Hall–Kier alpha value is -2.33. The van der Waals surface area contributed by atoms with E-state index in [1.807, 2.05) is 9.58 Å². The van der Waals surface area contributed by atoms with Gasteiger partial charge in [-0.15, -0.1) is 5.10 Å². The van der Waals surface area contributed by atoms with E-state index in [0.29, 0.717) is 32.2 Å². The van der Waals surface area contributed by atoms with Gasteiger partial charge in [0.1, 0.15) is 5.69 Å². The van der Waals surface area contributed by atoms with Gasteiger partial charge < -0.3 is 19.7 Å². The van der Waals surface area contributed by atoms with Gasteiger partial charge in [-0.3, -0.25) is 9.69 Å². The van der Waals surface area contributed by atoms with Crippen LogP contribution >= 0.6 is 0 Å². The van der Waals surface area contributed by atoms with Crippen molar-refractivity contribution >= 4 is 5.91 Å². The van der Waals surface area contributed by atoms with Crippen LogP contribution in [0.3, 0.4) is 0 Å². The van der Waals surface area contributed by atoms with E-state index in [2.05, 4.69) is 60.5 Å². The van der Waals surface area contributed by atoms with Gasteiger partial charge in [0.2, 0.25) is 5.91 Å². The third-order valence-corrected chi connectivity index (χ3v) is 7.57. The van der Waals surface area contributed by atoms with Gasteiger partial charge in [0, 0.05) is 59.0 Å². The SMILES string of the molecule is COCCCCc1c(CN(CC(C)C)[C@@H]2CNC[C@H](C(=O)N3CCOCC3)C2)nnn1-c1cccc(C)c1. The molecule has 3 heterocycles. The molecule has 2 aliphatic rings. The van der Waals surface area contributed by atoms with Gasteiger partial charge in [-0.2, -0.15) is 0 Å². The van der Waals surface area contributed by atoms with Crippen LogP contribution in [0.25, 0.3) is 5.69 Å². The van der Waals surface area contributed by atoms with Crippen LogP contribution < -0.4 is 5.32 Å². The van der Waals surface area contributed by atoms with Gasteiger partial charge in [-0.25, -0.2) is 4.68 Å². The van der Waals surface area contributed by atoms with E-state index in [0.717, 1.165) is 69.9 Å². The molecule has 2 saturated heterocycles. The van der Waals surface area contributed by atoms with Crippen molar-refractivity contribution in [2.24, 2.45) is 11.8 Å². The van der Waals surface area contributed by atoms with E-state index in [1.54, 1.807) is 7.11 Å². The minimum absolute atomic E-state index is 0.00185. The number of carbonyl (C=O) groups is 1. The zero-order valence-corrected chi connectivity index (χ0v) is 23.7. The van der Waals surface area contributed by atoms with Crippen molar-refractivity contribution in [1.82, 2.24) is 30.1 Å². The van der Waals surface area contributed by atoms with Crippen LogP contribution in [0.4, 0.5) is 0 Å². The highest BCUT2D eigenvalue weighted by atomic mass is 16.5. The lowest BCUT2D eigenvalue weighted by Crippen LogP contribution is -2.54. The molecule has 1 aromatic carbocycles. The molecule has 2 fully saturated rings. The lowest BCUT2D eigenvalue weighted by Gasteiger charge is -2.40. The second-order valence-electron chi connectivity index (χ2n) is 11.2. The summed E-state index contributed by atoms with van der Waals surface area (Å²) >= 11 is 0.